The van der Waals surface area contributed by atoms with E-state index < -0.39 is 0 Å². The minimum absolute atomic E-state index is 0.371. The Morgan fingerprint density at radius 3 is 2.27 bits per heavy atom. The van der Waals surface area contributed by atoms with Gasteiger partial charge in [0, 0.05) is 18.5 Å². The lowest BCUT2D eigenvalue weighted by molar-refractivity contribution is 0.440. The summed E-state index contributed by atoms with van der Waals surface area (Å²) in [6, 6.07) is 25.7. The van der Waals surface area contributed by atoms with Crippen LogP contribution in [0.2, 0.25) is 10.0 Å². The number of benzene rings is 3. The van der Waals surface area contributed by atoms with Crippen LogP contribution in [0, 0.1) is 0 Å². The van der Waals surface area contributed by atoms with Crippen LogP contribution in [0.1, 0.15) is 47.1 Å². The molecule has 0 saturated heterocycles. The maximum atomic E-state index is 6.26. The summed E-state index contributed by atoms with van der Waals surface area (Å²) in [6.07, 6.45) is 2.20. The number of hydrogen-bond acceptors (Lipinski definition) is 1. The molecule has 3 aromatic carbocycles. The van der Waals surface area contributed by atoms with Gasteiger partial charge in [-0.3, -0.25) is 0 Å². The Morgan fingerprint density at radius 1 is 0.769 bits per heavy atom. The van der Waals surface area contributed by atoms with Crippen LogP contribution in [0.3, 0.4) is 0 Å². The summed E-state index contributed by atoms with van der Waals surface area (Å²) in [5, 5.41) is 4.98. The fourth-order valence-corrected chi connectivity index (χ4v) is 4.22. The van der Waals surface area contributed by atoms with Crippen LogP contribution >= 0.6 is 23.2 Å². The van der Waals surface area contributed by atoms with Crippen molar-refractivity contribution in [1.29, 1.82) is 0 Å². The Labute approximate surface area is 165 Å². The minimum Gasteiger partial charge on any atom is -0.306 e. The van der Waals surface area contributed by atoms with Crippen molar-refractivity contribution in [2.75, 3.05) is 0 Å². The average Bonchev–Trinajstić information content (AvgIpc) is 2.69. The van der Waals surface area contributed by atoms with Crippen LogP contribution in [-0.4, -0.2) is 0 Å². The second-order valence-corrected chi connectivity index (χ2v) is 7.67. The minimum atomic E-state index is 0.371. The molecule has 132 valence electrons. The van der Waals surface area contributed by atoms with Crippen molar-refractivity contribution in [1.82, 2.24) is 5.32 Å². The Hall–Kier alpha value is -1.80. The summed E-state index contributed by atoms with van der Waals surface area (Å²) in [5.41, 5.74) is 5.35. The van der Waals surface area contributed by atoms with Crippen LogP contribution in [-0.2, 0) is 6.54 Å². The molecular weight excluding hydrogens is 361 g/mol. The van der Waals surface area contributed by atoms with E-state index in [-0.39, 0.29) is 0 Å². The van der Waals surface area contributed by atoms with Crippen LogP contribution < -0.4 is 5.32 Å². The zero-order valence-corrected chi connectivity index (χ0v) is 16.0. The van der Waals surface area contributed by atoms with E-state index in [4.69, 9.17) is 23.2 Å². The van der Waals surface area contributed by atoms with Crippen LogP contribution in [0.5, 0.6) is 0 Å². The van der Waals surface area contributed by atoms with Crippen LogP contribution in [0.4, 0.5) is 0 Å². The lowest BCUT2D eigenvalue weighted by atomic mass is 9.76. The van der Waals surface area contributed by atoms with Gasteiger partial charge >= 0.3 is 0 Å². The van der Waals surface area contributed by atoms with Crippen molar-refractivity contribution in [3.63, 3.8) is 0 Å². The van der Waals surface area contributed by atoms with Crippen LogP contribution in [0.15, 0.2) is 72.8 Å². The molecule has 0 fully saturated rings. The fourth-order valence-electron chi connectivity index (χ4n) is 3.91. The first-order chi connectivity index (χ1) is 12.7. The third-order valence-corrected chi connectivity index (χ3v) is 5.97. The van der Waals surface area contributed by atoms with Crippen molar-refractivity contribution in [2.45, 2.75) is 31.3 Å². The predicted octanol–water partition coefficient (Wildman–Crippen LogP) is 6.75. The Bertz CT molecular complexity index is 892. The second kappa shape index (κ2) is 7.84. The molecule has 0 aliphatic heterocycles. The highest BCUT2D eigenvalue weighted by atomic mass is 35.5. The third-order valence-electron chi connectivity index (χ3n) is 5.23. The monoisotopic (exact) mass is 381 g/mol. The van der Waals surface area contributed by atoms with E-state index in [1.165, 1.54) is 22.3 Å². The molecule has 26 heavy (non-hydrogen) atoms. The number of hydrogen-bond donors (Lipinski definition) is 1. The van der Waals surface area contributed by atoms with E-state index in [1.54, 1.807) is 0 Å². The molecule has 1 N–H and O–H groups in total. The molecule has 1 nitrogen and oxygen atoms in total. The summed E-state index contributed by atoms with van der Waals surface area (Å²) in [7, 11) is 0. The van der Waals surface area contributed by atoms with Gasteiger partial charge in [0.25, 0.3) is 0 Å². The number of halogens is 2. The summed E-state index contributed by atoms with van der Waals surface area (Å²) >= 11 is 12.4. The molecule has 0 aromatic heterocycles. The van der Waals surface area contributed by atoms with Crippen LogP contribution in [0.25, 0.3) is 0 Å². The second-order valence-electron chi connectivity index (χ2n) is 6.85. The lowest BCUT2D eigenvalue weighted by Crippen LogP contribution is -2.26. The van der Waals surface area contributed by atoms with E-state index >= 15 is 0 Å². The molecule has 0 heterocycles. The number of nitrogens with one attached hydrogen (secondary N) is 1. The van der Waals surface area contributed by atoms with E-state index in [2.05, 4.69) is 66.0 Å². The van der Waals surface area contributed by atoms with Gasteiger partial charge < -0.3 is 5.32 Å². The van der Waals surface area contributed by atoms with Gasteiger partial charge in [0.05, 0.1) is 10.0 Å². The Kier molecular flexibility index (Phi) is 5.31. The van der Waals surface area contributed by atoms with E-state index in [0.717, 1.165) is 19.4 Å². The molecule has 0 bridgehead atoms. The highest BCUT2D eigenvalue weighted by Crippen LogP contribution is 2.42. The molecule has 3 heteroatoms. The maximum absolute atomic E-state index is 6.26. The SMILES string of the molecule is Clc1ccc([C@@H]2CC[C@@H](NCc3ccccc3)c3ccccc32)cc1Cl. The first-order valence-electron chi connectivity index (χ1n) is 9.03. The van der Waals surface area contributed by atoms with Gasteiger partial charge in [0.15, 0.2) is 0 Å². The quantitative estimate of drug-likeness (QED) is 0.526. The summed E-state index contributed by atoms with van der Waals surface area (Å²) in [6.45, 7) is 0.886. The molecule has 1 aliphatic carbocycles. The van der Waals surface area contributed by atoms with Crippen molar-refractivity contribution in [3.05, 3.63) is 105 Å². The van der Waals surface area contributed by atoms with Crippen molar-refractivity contribution in [2.24, 2.45) is 0 Å². The number of fused-ring (bicyclic) bond motifs is 1. The highest BCUT2D eigenvalue weighted by molar-refractivity contribution is 6.42. The molecule has 2 atom stereocenters. The summed E-state index contributed by atoms with van der Waals surface area (Å²) < 4.78 is 0. The maximum Gasteiger partial charge on any atom is 0.0595 e. The first kappa shape index (κ1) is 17.6. The molecule has 0 radical (unpaired) electrons. The lowest BCUT2D eigenvalue weighted by Gasteiger charge is -2.32. The molecule has 4 rings (SSSR count). The zero-order valence-electron chi connectivity index (χ0n) is 14.5. The molecular formula is C23H21Cl2N. The fraction of sp³-hybridized carbons (Fsp3) is 0.217. The topological polar surface area (TPSA) is 12.0 Å². The predicted molar refractivity (Wildman–Crippen MR) is 110 cm³/mol. The third kappa shape index (κ3) is 3.66. The largest absolute Gasteiger partial charge is 0.306 e. The smallest absolute Gasteiger partial charge is 0.0595 e. The van der Waals surface area contributed by atoms with E-state index in [0.29, 0.717) is 22.0 Å². The molecule has 3 aromatic rings. The normalized spacial score (nSPS) is 19.2. The van der Waals surface area contributed by atoms with Gasteiger partial charge in [-0.25, -0.2) is 0 Å². The highest BCUT2D eigenvalue weighted by Gasteiger charge is 2.27. The van der Waals surface area contributed by atoms with Gasteiger partial charge in [-0.2, -0.15) is 0 Å². The van der Waals surface area contributed by atoms with Gasteiger partial charge in [-0.05, 0) is 47.2 Å². The number of rotatable bonds is 4. The first-order valence-corrected chi connectivity index (χ1v) is 9.79. The molecule has 0 spiro atoms. The van der Waals surface area contributed by atoms with Gasteiger partial charge in [0.2, 0.25) is 0 Å². The molecule has 0 amide bonds. The van der Waals surface area contributed by atoms with Crippen molar-refractivity contribution in [3.8, 4) is 0 Å². The Balaban J connectivity index is 1.59. The van der Waals surface area contributed by atoms with E-state index in [1.807, 2.05) is 12.1 Å². The molecule has 0 unspecified atom stereocenters. The summed E-state index contributed by atoms with van der Waals surface area (Å²) in [4.78, 5) is 0. The van der Waals surface area contributed by atoms with Crippen molar-refractivity contribution < 1.29 is 0 Å². The average molecular weight is 382 g/mol. The zero-order chi connectivity index (χ0) is 17.9. The van der Waals surface area contributed by atoms with Crippen molar-refractivity contribution >= 4 is 23.2 Å². The Morgan fingerprint density at radius 2 is 1.50 bits per heavy atom. The van der Waals surface area contributed by atoms with E-state index in [9.17, 15) is 0 Å². The standard InChI is InChI=1S/C23H21Cl2N/c24-21-12-10-17(14-22(21)25)18-11-13-23(20-9-5-4-8-19(18)20)26-15-16-6-2-1-3-7-16/h1-10,12,14,18,23,26H,11,13,15H2/t18-,23+/m0/s1. The summed E-state index contributed by atoms with van der Waals surface area (Å²) in [5.74, 6) is 0.371. The molecule has 0 saturated carbocycles. The van der Waals surface area contributed by atoms with Gasteiger partial charge in [-0.1, -0.05) is 83.9 Å². The van der Waals surface area contributed by atoms with Gasteiger partial charge in [0.1, 0.15) is 0 Å². The van der Waals surface area contributed by atoms with Gasteiger partial charge in [-0.15, -0.1) is 0 Å². The molecule has 1 aliphatic rings.